The van der Waals surface area contributed by atoms with Crippen LogP contribution in [0.15, 0.2) is 58.6 Å². The van der Waals surface area contributed by atoms with Crippen molar-refractivity contribution in [3.63, 3.8) is 0 Å². The summed E-state index contributed by atoms with van der Waals surface area (Å²) in [5.41, 5.74) is 3.66. The molecule has 5 heterocycles. The second-order valence-corrected chi connectivity index (χ2v) is 9.63. The zero-order chi connectivity index (χ0) is 24.5. The summed E-state index contributed by atoms with van der Waals surface area (Å²) in [6.45, 7) is 5.74. The molecule has 1 amide bonds. The van der Waals surface area contributed by atoms with E-state index in [4.69, 9.17) is 4.52 Å². The Morgan fingerprint density at radius 1 is 1.14 bits per heavy atom. The summed E-state index contributed by atoms with van der Waals surface area (Å²) >= 11 is 1.50. The Morgan fingerprint density at radius 3 is 2.81 bits per heavy atom. The number of aryl methyl sites for hydroxylation is 1. The van der Waals surface area contributed by atoms with Crippen molar-refractivity contribution in [1.29, 1.82) is 0 Å². The number of thiophene rings is 1. The predicted octanol–water partition coefficient (Wildman–Crippen LogP) is 4.08. The van der Waals surface area contributed by atoms with Gasteiger partial charge < -0.3 is 19.7 Å². The summed E-state index contributed by atoms with van der Waals surface area (Å²) in [6, 6.07) is 13.6. The molecule has 1 saturated heterocycles. The number of pyridine rings is 1. The first-order valence-corrected chi connectivity index (χ1v) is 12.6. The first-order valence-electron chi connectivity index (χ1n) is 11.7. The van der Waals surface area contributed by atoms with E-state index in [-0.39, 0.29) is 5.91 Å². The number of hydrogen-bond donors (Lipinski definition) is 2. The molecule has 182 valence electrons. The minimum absolute atomic E-state index is 0.130. The van der Waals surface area contributed by atoms with Crippen LogP contribution in [0.25, 0.3) is 22.5 Å². The lowest BCUT2D eigenvalue weighted by Gasteiger charge is -2.34. The maximum atomic E-state index is 12.6. The normalized spacial score (nSPS) is 14.4. The summed E-state index contributed by atoms with van der Waals surface area (Å²) in [6.07, 6.45) is 1.80. The van der Waals surface area contributed by atoms with Gasteiger partial charge in [-0.25, -0.2) is 9.97 Å². The topological polar surface area (TPSA) is 116 Å². The van der Waals surface area contributed by atoms with Crippen LogP contribution in [0.1, 0.15) is 21.1 Å². The van der Waals surface area contributed by atoms with E-state index in [1.807, 2.05) is 52.7 Å². The van der Waals surface area contributed by atoms with Crippen LogP contribution < -0.4 is 5.32 Å². The molecule has 1 aromatic carbocycles. The lowest BCUT2D eigenvalue weighted by Crippen LogP contribution is -2.48. The van der Waals surface area contributed by atoms with E-state index in [1.54, 1.807) is 13.1 Å². The highest BCUT2D eigenvalue weighted by Gasteiger charge is 2.22. The van der Waals surface area contributed by atoms with Gasteiger partial charge in [0.05, 0.1) is 15.9 Å². The lowest BCUT2D eigenvalue weighted by molar-refractivity contribution is 0.0633. The van der Waals surface area contributed by atoms with Crippen LogP contribution in [0.5, 0.6) is 0 Å². The molecule has 0 aliphatic carbocycles. The van der Waals surface area contributed by atoms with E-state index in [0.717, 1.165) is 59.8 Å². The van der Waals surface area contributed by atoms with E-state index >= 15 is 0 Å². The van der Waals surface area contributed by atoms with Crippen molar-refractivity contribution >= 4 is 40.0 Å². The van der Waals surface area contributed by atoms with E-state index in [1.165, 1.54) is 11.3 Å². The number of hydrogen-bond acceptors (Lipinski definition) is 9. The first kappa shape index (κ1) is 22.4. The molecular formula is C25H24N8O2S. The number of nitrogens with zero attached hydrogens (tertiary/aromatic N) is 6. The van der Waals surface area contributed by atoms with Crippen molar-refractivity contribution in [3.05, 3.63) is 70.3 Å². The van der Waals surface area contributed by atoms with Crippen molar-refractivity contribution in [3.8, 4) is 11.5 Å². The van der Waals surface area contributed by atoms with Gasteiger partial charge in [0.2, 0.25) is 5.95 Å². The van der Waals surface area contributed by atoms with Crippen LogP contribution in [0.2, 0.25) is 0 Å². The molecule has 4 aromatic heterocycles. The standard InChI is InChI=1S/C25H24N8O2S/c1-16-27-23(35-31-16)18-4-5-19-20(14-18)29-25(28-19)30-22-13-17(6-7-26-22)15-32-8-10-33(11-9-32)24(34)21-3-2-12-36-21/h2-7,12-14H,8-11,15H2,1H3,(H2,26,28,29,30). The maximum Gasteiger partial charge on any atom is 0.264 e. The molecule has 1 fully saturated rings. The third-order valence-corrected chi connectivity index (χ3v) is 6.98. The molecule has 0 unspecified atom stereocenters. The van der Waals surface area contributed by atoms with Gasteiger partial charge in [-0.05, 0) is 54.3 Å². The average Bonchev–Trinajstić information content (AvgIpc) is 3.65. The molecule has 1 aliphatic rings. The quantitative estimate of drug-likeness (QED) is 0.358. The van der Waals surface area contributed by atoms with Crippen LogP contribution in [0, 0.1) is 6.92 Å². The van der Waals surface area contributed by atoms with E-state index in [2.05, 4.69) is 35.3 Å². The fraction of sp³-hybridized carbons (Fsp3) is 0.240. The maximum absolute atomic E-state index is 12.6. The molecule has 0 saturated carbocycles. The zero-order valence-electron chi connectivity index (χ0n) is 19.6. The van der Waals surface area contributed by atoms with Crippen molar-refractivity contribution in [2.24, 2.45) is 0 Å². The summed E-state index contributed by atoms with van der Waals surface area (Å²) in [7, 11) is 0. The zero-order valence-corrected chi connectivity index (χ0v) is 20.5. The van der Waals surface area contributed by atoms with Crippen molar-refractivity contribution in [1.82, 2.24) is 34.9 Å². The average molecular weight is 501 g/mol. The number of amides is 1. The number of H-pyrrole nitrogens is 1. The van der Waals surface area contributed by atoms with Gasteiger partial charge in [0, 0.05) is 44.5 Å². The van der Waals surface area contributed by atoms with Gasteiger partial charge in [-0.2, -0.15) is 4.98 Å². The molecule has 36 heavy (non-hydrogen) atoms. The van der Waals surface area contributed by atoms with Gasteiger partial charge in [-0.1, -0.05) is 11.2 Å². The Balaban J connectivity index is 1.09. The molecule has 2 N–H and O–H groups in total. The van der Waals surface area contributed by atoms with E-state index in [9.17, 15) is 4.79 Å². The number of anilines is 2. The van der Waals surface area contributed by atoms with Crippen molar-refractivity contribution in [2.75, 3.05) is 31.5 Å². The van der Waals surface area contributed by atoms with Crippen LogP contribution in [-0.2, 0) is 6.54 Å². The number of nitrogens with one attached hydrogen (secondary N) is 2. The Morgan fingerprint density at radius 2 is 2.03 bits per heavy atom. The number of aromatic nitrogens is 5. The van der Waals surface area contributed by atoms with Crippen LogP contribution in [0.4, 0.5) is 11.8 Å². The minimum Gasteiger partial charge on any atom is -0.335 e. The monoisotopic (exact) mass is 500 g/mol. The Kier molecular flexibility index (Phi) is 5.91. The molecular weight excluding hydrogens is 476 g/mol. The van der Waals surface area contributed by atoms with Gasteiger partial charge >= 0.3 is 0 Å². The third-order valence-electron chi connectivity index (χ3n) is 6.12. The van der Waals surface area contributed by atoms with Crippen molar-refractivity contribution < 1.29 is 9.32 Å². The summed E-state index contributed by atoms with van der Waals surface area (Å²) in [4.78, 5) is 34.3. The molecule has 0 atom stereocenters. The van der Waals surface area contributed by atoms with Gasteiger partial charge in [0.15, 0.2) is 5.82 Å². The first-order chi connectivity index (χ1) is 17.6. The number of piperazine rings is 1. The van der Waals surface area contributed by atoms with Gasteiger partial charge in [0.25, 0.3) is 11.8 Å². The summed E-state index contributed by atoms with van der Waals surface area (Å²) in [5.74, 6) is 2.52. The molecule has 11 heteroatoms. The SMILES string of the molecule is Cc1noc(-c2ccc3nc(Nc4cc(CN5CCN(C(=O)c6cccs6)CC5)ccn4)[nH]c3c2)n1. The van der Waals surface area contributed by atoms with E-state index < -0.39 is 0 Å². The highest BCUT2D eigenvalue weighted by molar-refractivity contribution is 7.12. The van der Waals surface area contributed by atoms with Crippen LogP contribution >= 0.6 is 11.3 Å². The largest absolute Gasteiger partial charge is 0.335 e. The molecule has 5 aromatic rings. The number of carbonyl (C=O) groups is 1. The number of fused-ring (bicyclic) bond motifs is 1. The number of benzene rings is 1. The van der Waals surface area contributed by atoms with Crippen molar-refractivity contribution in [2.45, 2.75) is 13.5 Å². The number of rotatable bonds is 6. The van der Waals surface area contributed by atoms with E-state index in [0.29, 0.717) is 23.5 Å². The highest BCUT2D eigenvalue weighted by Crippen LogP contribution is 2.24. The summed E-state index contributed by atoms with van der Waals surface area (Å²) < 4.78 is 5.27. The Labute approximate surface area is 211 Å². The smallest absolute Gasteiger partial charge is 0.264 e. The number of carbonyl (C=O) groups excluding carboxylic acids is 1. The summed E-state index contributed by atoms with van der Waals surface area (Å²) in [5, 5.41) is 9.07. The molecule has 6 rings (SSSR count). The fourth-order valence-electron chi connectivity index (χ4n) is 4.30. The van der Waals surface area contributed by atoms with Gasteiger partial charge in [-0.15, -0.1) is 11.3 Å². The van der Waals surface area contributed by atoms with Crippen LogP contribution in [-0.4, -0.2) is 67.0 Å². The molecule has 1 aliphatic heterocycles. The second-order valence-electron chi connectivity index (χ2n) is 8.68. The van der Waals surface area contributed by atoms with Crippen LogP contribution in [0.3, 0.4) is 0 Å². The highest BCUT2D eigenvalue weighted by atomic mass is 32.1. The Hall–Kier alpha value is -4.09. The number of imidazole rings is 1. The lowest BCUT2D eigenvalue weighted by atomic mass is 10.2. The minimum atomic E-state index is 0.130. The molecule has 0 spiro atoms. The van der Waals surface area contributed by atoms with Gasteiger partial charge in [0.1, 0.15) is 5.82 Å². The number of aromatic amines is 1. The molecule has 0 bridgehead atoms. The molecule has 0 radical (unpaired) electrons. The predicted molar refractivity (Wildman–Crippen MR) is 137 cm³/mol. The molecule has 10 nitrogen and oxygen atoms in total. The fourth-order valence-corrected chi connectivity index (χ4v) is 4.99. The third kappa shape index (κ3) is 4.70. The second kappa shape index (κ2) is 9.51. The Bertz CT molecular complexity index is 1500. The van der Waals surface area contributed by atoms with Gasteiger partial charge in [-0.3, -0.25) is 9.69 Å².